The summed E-state index contributed by atoms with van der Waals surface area (Å²) in [5, 5.41) is 0. The molecular weight excluding hydrogens is 528 g/mol. The lowest BCUT2D eigenvalue weighted by atomic mass is 9.74. The van der Waals surface area contributed by atoms with Gasteiger partial charge in [0.05, 0.1) is 0 Å². The van der Waals surface area contributed by atoms with Crippen LogP contribution in [0.15, 0.2) is 108 Å². The van der Waals surface area contributed by atoms with E-state index in [1.807, 2.05) is 0 Å². The maximum absolute atomic E-state index is 4.58. The zero-order valence-corrected chi connectivity index (χ0v) is 29.7. The Morgan fingerprint density at radius 2 is 1.45 bits per heavy atom. The molecule has 0 heterocycles. The second-order valence-electron chi connectivity index (χ2n) is 14.4. The van der Waals surface area contributed by atoms with Crippen LogP contribution in [0.4, 0.5) is 0 Å². The third-order valence-corrected chi connectivity index (χ3v) is 9.19. The van der Waals surface area contributed by atoms with Gasteiger partial charge in [0.2, 0.25) is 0 Å². The quantitative estimate of drug-likeness (QED) is 0.0754. The lowest BCUT2D eigenvalue weighted by Gasteiger charge is -2.31. The zero-order chi connectivity index (χ0) is 32.4. The summed E-state index contributed by atoms with van der Waals surface area (Å²) >= 11 is 0. The molecule has 2 unspecified atom stereocenters. The highest BCUT2D eigenvalue weighted by Gasteiger charge is 2.25. The Morgan fingerprint density at radius 1 is 0.818 bits per heavy atom. The Hall–Kier alpha value is -2.60. The van der Waals surface area contributed by atoms with Crippen molar-refractivity contribution in [2.24, 2.45) is 17.3 Å². The first kappa shape index (κ1) is 37.6. The Labute approximate surface area is 273 Å². The van der Waals surface area contributed by atoms with Crippen LogP contribution in [-0.4, -0.2) is 0 Å². The smallest absolute Gasteiger partial charge is 0.00258 e. The van der Waals surface area contributed by atoms with Crippen molar-refractivity contribution < 1.29 is 0 Å². The number of benzene rings is 1. The van der Waals surface area contributed by atoms with Crippen molar-refractivity contribution in [1.29, 1.82) is 0 Å². The molecule has 1 aromatic rings. The van der Waals surface area contributed by atoms with Gasteiger partial charge in [0.25, 0.3) is 0 Å². The van der Waals surface area contributed by atoms with Crippen molar-refractivity contribution in [3.63, 3.8) is 0 Å². The van der Waals surface area contributed by atoms with E-state index in [0.29, 0.717) is 11.8 Å². The summed E-state index contributed by atoms with van der Waals surface area (Å²) in [7, 11) is 0. The molecule has 1 aliphatic carbocycles. The molecule has 0 aliphatic heterocycles. The fourth-order valence-electron chi connectivity index (χ4n) is 6.26. The van der Waals surface area contributed by atoms with Gasteiger partial charge in [0.15, 0.2) is 0 Å². The monoisotopic (exact) mass is 595 g/mol. The van der Waals surface area contributed by atoms with Gasteiger partial charge in [0.1, 0.15) is 0 Å². The Kier molecular flexibility index (Phi) is 17.5. The zero-order valence-electron chi connectivity index (χ0n) is 29.7. The number of allylic oxidation sites excluding steroid dienone is 11. The van der Waals surface area contributed by atoms with Crippen molar-refractivity contribution in [3.05, 3.63) is 119 Å². The number of rotatable bonds is 21. The number of aryl methyl sites for hydroxylation is 1. The van der Waals surface area contributed by atoms with Crippen LogP contribution in [0.25, 0.3) is 0 Å². The molecule has 2 rings (SSSR count). The Balaban J connectivity index is 1.92. The number of unbranched alkanes of at least 4 members (excludes halogenated alkanes) is 7. The first-order chi connectivity index (χ1) is 21.0. The SMILES string of the molecule is C=C(C=C(C=CC)Cc1ccc(CCC(=C)CC2C=C(C(C)(C)C)C=CC2CCCCCCCCCC)cc1)CC(=C)CC. The van der Waals surface area contributed by atoms with Crippen molar-refractivity contribution >= 4 is 0 Å². The molecule has 2 atom stereocenters. The molecule has 0 saturated heterocycles. The molecule has 0 fully saturated rings. The largest absolute Gasteiger partial charge is 0.0998 e. The highest BCUT2D eigenvalue weighted by Crippen LogP contribution is 2.38. The summed E-state index contributed by atoms with van der Waals surface area (Å²) in [5.74, 6) is 1.22. The average molecular weight is 595 g/mol. The van der Waals surface area contributed by atoms with E-state index in [9.17, 15) is 0 Å². The van der Waals surface area contributed by atoms with Crippen LogP contribution < -0.4 is 0 Å². The minimum absolute atomic E-state index is 0.195. The van der Waals surface area contributed by atoms with E-state index in [1.165, 1.54) is 91.2 Å². The van der Waals surface area contributed by atoms with Crippen LogP contribution in [0.3, 0.4) is 0 Å². The molecule has 242 valence electrons. The van der Waals surface area contributed by atoms with Crippen molar-refractivity contribution in [3.8, 4) is 0 Å². The molecular formula is C44H66. The van der Waals surface area contributed by atoms with Gasteiger partial charge in [-0.15, -0.1) is 0 Å². The Bertz CT molecular complexity index is 1140. The highest BCUT2D eigenvalue weighted by molar-refractivity contribution is 5.36. The molecule has 44 heavy (non-hydrogen) atoms. The van der Waals surface area contributed by atoms with Gasteiger partial charge in [-0.3, -0.25) is 0 Å². The first-order valence-corrected chi connectivity index (χ1v) is 17.9. The molecule has 1 aliphatic rings. The minimum atomic E-state index is 0.195. The van der Waals surface area contributed by atoms with Crippen LogP contribution in [-0.2, 0) is 12.8 Å². The van der Waals surface area contributed by atoms with Gasteiger partial charge in [-0.25, -0.2) is 0 Å². The maximum Gasteiger partial charge on any atom is -0.00258 e. The summed E-state index contributed by atoms with van der Waals surface area (Å²) in [6.45, 7) is 26.6. The second-order valence-corrected chi connectivity index (χ2v) is 14.4. The van der Waals surface area contributed by atoms with E-state index in [4.69, 9.17) is 0 Å². The summed E-state index contributed by atoms with van der Waals surface area (Å²) < 4.78 is 0. The fraction of sp³-hybridized carbons (Fsp3) is 0.545. The van der Waals surface area contributed by atoms with Crippen molar-refractivity contribution in [1.82, 2.24) is 0 Å². The lowest BCUT2D eigenvalue weighted by molar-refractivity contribution is 0.397. The summed E-state index contributed by atoms with van der Waals surface area (Å²) in [6.07, 6.45) is 32.6. The summed E-state index contributed by atoms with van der Waals surface area (Å²) in [4.78, 5) is 0. The normalized spacial score (nSPS) is 17.2. The van der Waals surface area contributed by atoms with E-state index >= 15 is 0 Å². The van der Waals surface area contributed by atoms with E-state index in [2.05, 4.69) is 122 Å². The topological polar surface area (TPSA) is 0 Å². The summed E-state index contributed by atoms with van der Waals surface area (Å²) in [5.41, 5.74) is 9.50. The molecule has 1 aromatic carbocycles. The van der Waals surface area contributed by atoms with Crippen molar-refractivity contribution in [2.75, 3.05) is 0 Å². The van der Waals surface area contributed by atoms with Crippen LogP contribution in [0.1, 0.15) is 136 Å². The molecule has 0 aromatic heterocycles. The molecule has 0 N–H and O–H groups in total. The average Bonchev–Trinajstić information content (AvgIpc) is 2.98. The van der Waals surface area contributed by atoms with E-state index < -0.39 is 0 Å². The van der Waals surface area contributed by atoms with E-state index in [0.717, 1.165) is 44.1 Å². The molecule has 0 amide bonds. The van der Waals surface area contributed by atoms with Gasteiger partial charge >= 0.3 is 0 Å². The van der Waals surface area contributed by atoms with E-state index in [1.54, 1.807) is 0 Å². The van der Waals surface area contributed by atoms with Gasteiger partial charge in [-0.1, -0.05) is 183 Å². The number of hydrogen-bond donors (Lipinski definition) is 0. The minimum Gasteiger partial charge on any atom is -0.0998 e. The van der Waals surface area contributed by atoms with Gasteiger partial charge in [-0.05, 0) is 91.4 Å². The molecule has 0 spiro atoms. The van der Waals surface area contributed by atoms with Crippen LogP contribution in [0, 0.1) is 17.3 Å². The summed E-state index contributed by atoms with van der Waals surface area (Å²) in [6, 6.07) is 9.23. The fourth-order valence-corrected chi connectivity index (χ4v) is 6.26. The molecule has 0 nitrogen and oxygen atoms in total. The van der Waals surface area contributed by atoms with Gasteiger partial charge < -0.3 is 0 Å². The molecule has 0 saturated carbocycles. The first-order valence-electron chi connectivity index (χ1n) is 17.9. The van der Waals surface area contributed by atoms with Gasteiger partial charge in [0, 0.05) is 0 Å². The van der Waals surface area contributed by atoms with Crippen molar-refractivity contribution in [2.45, 2.75) is 138 Å². The Morgan fingerprint density at radius 3 is 2.07 bits per heavy atom. The molecule has 0 bridgehead atoms. The standard InChI is InChI=1S/C44H66/c1-10-13-14-15-16-17-18-19-21-41-28-29-43(44(7,8)9)34-42(41)32-36(5)22-23-38-24-26-39(27-25-38)33-40(20-11-2)31-37(6)30-35(4)12-3/h11,20,24-29,31,34,41-42H,4-6,10,12-19,21-23,30,32-33H2,1-3,7-9H3. The maximum atomic E-state index is 4.58. The van der Waals surface area contributed by atoms with Crippen LogP contribution in [0.5, 0.6) is 0 Å². The predicted molar refractivity (Wildman–Crippen MR) is 199 cm³/mol. The number of hydrogen-bond acceptors (Lipinski definition) is 0. The van der Waals surface area contributed by atoms with Crippen LogP contribution >= 0.6 is 0 Å². The third kappa shape index (κ3) is 14.9. The van der Waals surface area contributed by atoms with Gasteiger partial charge in [-0.2, -0.15) is 0 Å². The third-order valence-electron chi connectivity index (χ3n) is 9.19. The highest BCUT2D eigenvalue weighted by atomic mass is 14.3. The van der Waals surface area contributed by atoms with E-state index in [-0.39, 0.29) is 5.41 Å². The second kappa shape index (κ2) is 20.4. The van der Waals surface area contributed by atoms with Crippen LogP contribution in [0.2, 0.25) is 0 Å². The molecule has 0 heteroatoms. The predicted octanol–water partition coefficient (Wildman–Crippen LogP) is 13.8. The molecule has 0 radical (unpaired) electrons. The lowest BCUT2D eigenvalue weighted by Crippen LogP contribution is -2.19.